The van der Waals surface area contributed by atoms with Gasteiger partial charge in [-0.15, -0.1) is 11.8 Å². The maximum atomic E-state index is 12.2. The number of thioether (sulfide) groups is 1. The first kappa shape index (κ1) is 19.7. The van der Waals surface area contributed by atoms with E-state index in [1.165, 1.54) is 11.8 Å². The summed E-state index contributed by atoms with van der Waals surface area (Å²) < 4.78 is 11.1. The van der Waals surface area contributed by atoms with E-state index in [4.69, 9.17) is 14.7 Å². The Morgan fingerprint density at radius 3 is 2.58 bits per heavy atom. The van der Waals surface area contributed by atoms with Gasteiger partial charge in [-0.25, -0.2) is 0 Å². The summed E-state index contributed by atoms with van der Waals surface area (Å²) in [6, 6.07) is 14.9. The van der Waals surface area contributed by atoms with Crippen molar-refractivity contribution in [3.63, 3.8) is 0 Å². The van der Waals surface area contributed by atoms with Crippen LogP contribution in [0.3, 0.4) is 0 Å². The Hall–Kier alpha value is -2.65. The molecule has 0 heterocycles. The quantitative estimate of drug-likeness (QED) is 0.715. The summed E-state index contributed by atoms with van der Waals surface area (Å²) in [6.45, 7) is 4.88. The van der Waals surface area contributed by atoms with Gasteiger partial charge in [0.1, 0.15) is 0 Å². The van der Waals surface area contributed by atoms with Gasteiger partial charge in [-0.05, 0) is 37.6 Å². The maximum Gasteiger partial charge on any atom is 0.234 e. The number of benzene rings is 2. The molecule has 0 spiro atoms. The van der Waals surface area contributed by atoms with Gasteiger partial charge in [0.05, 0.1) is 30.6 Å². The molecule has 5 nitrogen and oxygen atoms in total. The van der Waals surface area contributed by atoms with Crippen LogP contribution in [0.15, 0.2) is 42.5 Å². The number of nitriles is 1. The van der Waals surface area contributed by atoms with Crippen molar-refractivity contribution in [2.45, 2.75) is 19.6 Å². The van der Waals surface area contributed by atoms with Crippen LogP contribution in [0.5, 0.6) is 11.5 Å². The monoisotopic (exact) mass is 370 g/mol. The summed E-state index contributed by atoms with van der Waals surface area (Å²) in [5.74, 6) is 2.09. The standard InChI is InChI=1S/C20H22N2O3S/c1-3-24-18-10-9-17(11-19(18)25-4-2)22-20(23)14-26-13-16-8-6-5-7-15(16)12-21/h5-11H,3-4,13-14H2,1-2H3,(H,22,23). The van der Waals surface area contributed by atoms with Crippen molar-refractivity contribution in [1.29, 1.82) is 5.26 Å². The molecule has 0 saturated carbocycles. The van der Waals surface area contributed by atoms with Crippen LogP contribution in [0.1, 0.15) is 25.0 Å². The van der Waals surface area contributed by atoms with Crippen LogP contribution >= 0.6 is 11.8 Å². The third-order valence-corrected chi connectivity index (χ3v) is 4.44. The zero-order chi connectivity index (χ0) is 18.8. The largest absolute Gasteiger partial charge is 0.490 e. The molecule has 0 fully saturated rings. The molecule has 0 atom stereocenters. The number of carbonyl (C=O) groups excluding carboxylic acids is 1. The Balaban J connectivity index is 1.91. The highest BCUT2D eigenvalue weighted by Gasteiger charge is 2.09. The minimum Gasteiger partial charge on any atom is -0.490 e. The summed E-state index contributed by atoms with van der Waals surface area (Å²) in [4.78, 5) is 12.2. The number of amides is 1. The first-order chi connectivity index (χ1) is 12.7. The molecule has 0 bridgehead atoms. The van der Waals surface area contributed by atoms with Crippen LogP contribution < -0.4 is 14.8 Å². The Morgan fingerprint density at radius 1 is 1.12 bits per heavy atom. The molecule has 0 aliphatic rings. The lowest BCUT2D eigenvalue weighted by atomic mass is 10.1. The predicted octanol–water partition coefficient (Wildman–Crippen LogP) is 4.23. The average molecular weight is 370 g/mol. The van der Waals surface area contributed by atoms with E-state index in [9.17, 15) is 4.79 Å². The lowest BCUT2D eigenvalue weighted by molar-refractivity contribution is -0.113. The molecule has 2 aromatic carbocycles. The number of hydrogen-bond donors (Lipinski definition) is 1. The highest BCUT2D eigenvalue weighted by atomic mass is 32.2. The average Bonchev–Trinajstić information content (AvgIpc) is 2.64. The zero-order valence-electron chi connectivity index (χ0n) is 15.0. The number of rotatable bonds is 9. The van der Waals surface area contributed by atoms with Gasteiger partial charge in [0.2, 0.25) is 5.91 Å². The smallest absolute Gasteiger partial charge is 0.234 e. The third kappa shape index (κ3) is 5.71. The summed E-state index contributed by atoms with van der Waals surface area (Å²) in [5, 5.41) is 12.0. The molecular weight excluding hydrogens is 348 g/mol. The fourth-order valence-electron chi connectivity index (χ4n) is 2.33. The van der Waals surface area contributed by atoms with Crippen molar-refractivity contribution in [3.8, 4) is 17.6 Å². The van der Waals surface area contributed by atoms with E-state index in [-0.39, 0.29) is 5.91 Å². The van der Waals surface area contributed by atoms with Crippen molar-refractivity contribution in [2.24, 2.45) is 0 Å². The second kappa shape index (κ2) is 10.4. The first-order valence-electron chi connectivity index (χ1n) is 8.43. The number of anilines is 1. The Labute approximate surface area is 158 Å². The molecule has 1 N–H and O–H groups in total. The summed E-state index contributed by atoms with van der Waals surface area (Å²) >= 11 is 1.47. The van der Waals surface area contributed by atoms with Gasteiger partial charge in [0.15, 0.2) is 11.5 Å². The fraction of sp³-hybridized carbons (Fsp3) is 0.300. The predicted molar refractivity (Wildman–Crippen MR) is 105 cm³/mol. The van der Waals surface area contributed by atoms with Crippen LogP contribution in [-0.2, 0) is 10.5 Å². The second-order valence-corrected chi connectivity index (χ2v) is 6.32. The summed E-state index contributed by atoms with van der Waals surface area (Å²) in [6.07, 6.45) is 0. The van der Waals surface area contributed by atoms with Crippen LogP contribution in [0.25, 0.3) is 0 Å². The van der Waals surface area contributed by atoms with Crippen LogP contribution in [0.2, 0.25) is 0 Å². The van der Waals surface area contributed by atoms with Gasteiger partial charge >= 0.3 is 0 Å². The highest BCUT2D eigenvalue weighted by Crippen LogP contribution is 2.30. The molecule has 0 radical (unpaired) electrons. The van der Waals surface area contributed by atoms with Gasteiger partial charge in [0, 0.05) is 17.5 Å². The molecule has 0 aliphatic carbocycles. The number of hydrogen-bond acceptors (Lipinski definition) is 5. The Morgan fingerprint density at radius 2 is 1.85 bits per heavy atom. The van der Waals surface area contributed by atoms with E-state index >= 15 is 0 Å². The molecular formula is C20H22N2O3S. The van der Waals surface area contributed by atoms with E-state index in [1.807, 2.05) is 32.0 Å². The molecule has 0 unspecified atom stereocenters. The minimum absolute atomic E-state index is 0.101. The third-order valence-electron chi connectivity index (χ3n) is 3.46. The fourth-order valence-corrected chi connectivity index (χ4v) is 3.17. The van der Waals surface area contributed by atoms with E-state index in [1.54, 1.807) is 24.3 Å². The van der Waals surface area contributed by atoms with E-state index in [2.05, 4.69) is 11.4 Å². The van der Waals surface area contributed by atoms with Gasteiger partial charge < -0.3 is 14.8 Å². The SMILES string of the molecule is CCOc1ccc(NC(=O)CSCc2ccccc2C#N)cc1OCC. The van der Waals surface area contributed by atoms with E-state index in [0.717, 1.165) is 5.56 Å². The molecule has 6 heteroatoms. The number of nitrogens with zero attached hydrogens (tertiary/aromatic N) is 1. The minimum atomic E-state index is -0.101. The molecule has 0 aromatic heterocycles. The van der Waals surface area contributed by atoms with Crippen molar-refractivity contribution in [1.82, 2.24) is 0 Å². The van der Waals surface area contributed by atoms with Crippen LogP contribution in [0.4, 0.5) is 5.69 Å². The Kier molecular flexibility index (Phi) is 7.84. The normalized spacial score (nSPS) is 10.0. The first-order valence-corrected chi connectivity index (χ1v) is 9.58. The van der Waals surface area contributed by atoms with E-state index in [0.29, 0.717) is 47.5 Å². The molecule has 26 heavy (non-hydrogen) atoms. The summed E-state index contributed by atoms with van der Waals surface area (Å²) in [7, 11) is 0. The highest BCUT2D eigenvalue weighted by molar-refractivity contribution is 7.99. The van der Waals surface area contributed by atoms with E-state index < -0.39 is 0 Å². The van der Waals surface area contributed by atoms with Gasteiger partial charge in [0.25, 0.3) is 0 Å². The number of ether oxygens (including phenoxy) is 2. The van der Waals surface area contributed by atoms with Crippen molar-refractivity contribution in [2.75, 3.05) is 24.3 Å². The molecule has 2 aromatic rings. The topological polar surface area (TPSA) is 71.3 Å². The number of carbonyl (C=O) groups is 1. The zero-order valence-corrected chi connectivity index (χ0v) is 15.8. The molecule has 136 valence electrons. The van der Waals surface area contributed by atoms with Crippen LogP contribution in [0, 0.1) is 11.3 Å². The molecule has 2 rings (SSSR count). The molecule has 0 saturated heterocycles. The Bertz CT molecular complexity index is 787. The van der Waals surface area contributed by atoms with Crippen LogP contribution in [-0.4, -0.2) is 24.9 Å². The number of nitrogens with one attached hydrogen (secondary N) is 1. The van der Waals surface area contributed by atoms with Crippen molar-refractivity contribution in [3.05, 3.63) is 53.6 Å². The van der Waals surface area contributed by atoms with Crippen molar-refractivity contribution >= 4 is 23.4 Å². The van der Waals surface area contributed by atoms with Gasteiger partial charge in [-0.3, -0.25) is 4.79 Å². The molecule has 1 amide bonds. The van der Waals surface area contributed by atoms with Gasteiger partial charge in [-0.1, -0.05) is 18.2 Å². The summed E-state index contributed by atoms with van der Waals surface area (Å²) in [5.41, 5.74) is 2.25. The van der Waals surface area contributed by atoms with Gasteiger partial charge in [-0.2, -0.15) is 5.26 Å². The lowest BCUT2D eigenvalue weighted by Crippen LogP contribution is -2.14. The maximum absolute atomic E-state index is 12.2. The lowest BCUT2D eigenvalue weighted by Gasteiger charge is -2.13. The molecule has 0 aliphatic heterocycles. The van der Waals surface area contributed by atoms with Crippen molar-refractivity contribution < 1.29 is 14.3 Å². The second-order valence-electron chi connectivity index (χ2n) is 5.34.